The van der Waals surface area contributed by atoms with E-state index in [0.29, 0.717) is 41.5 Å². The molecule has 0 bridgehead atoms. The van der Waals surface area contributed by atoms with Crippen LogP contribution < -0.4 is 9.64 Å². The summed E-state index contributed by atoms with van der Waals surface area (Å²) in [6.07, 6.45) is 13.6. The molecule has 6 heterocycles. The van der Waals surface area contributed by atoms with Crippen molar-refractivity contribution in [3.05, 3.63) is 77.7 Å². The van der Waals surface area contributed by atoms with Crippen LogP contribution in [0.15, 0.2) is 61.2 Å². The zero-order valence-corrected chi connectivity index (χ0v) is 28.4. The third kappa shape index (κ3) is 5.78. The fraction of sp³-hybridized carbons (Fsp3) is 0.378. The fourth-order valence-corrected chi connectivity index (χ4v) is 8.19. The number of aryl methyl sites for hydroxylation is 1. The van der Waals surface area contributed by atoms with E-state index in [9.17, 15) is 4.79 Å². The van der Waals surface area contributed by atoms with Gasteiger partial charge in [-0.1, -0.05) is 41.9 Å². The van der Waals surface area contributed by atoms with Gasteiger partial charge in [0.2, 0.25) is 5.91 Å². The van der Waals surface area contributed by atoms with Crippen LogP contribution in [0.5, 0.6) is 6.01 Å². The average Bonchev–Trinajstić information content (AvgIpc) is 3.91. The molecule has 8 rings (SSSR count). The first-order chi connectivity index (χ1) is 23.8. The number of likely N-dealkylation sites (N-methyl/N-ethyl adjacent to an activating group) is 1. The van der Waals surface area contributed by atoms with Gasteiger partial charge >= 0.3 is 6.01 Å². The molecule has 2 aromatic carbocycles. The van der Waals surface area contributed by atoms with Crippen molar-refractivity contribution >= 4 is 51.1 Å². The number of aromatic nitrogens is 5. The average molecular weight is 681 g/mol. The van der Waals surface area contributed by atoms with Crippen LogP contribution in [0.2, 0.25) is 5.02 Å². The lowest BCUT2D eigenvalue weighted by Gasteiger charge is -2.31. The number of nitrogens with zero attached hydrogens (tertiary/aromatic N) is 8. The number of likely N-dealkylation sites (tertiary alicyclic amines) is 1. The molecule has 3 aliphatic rings. The minimum Gasteiger partial charge on any atom is -0.461 e. The van der Waals surface area contributed by atoms with Crippen molar-refractivity contribution < 1.29 is 13.9 Å². The van der Waals surface area contributed by atoms with Crippen LogP contribution in [0.3, 0.4) is 0 Å². The Morgan fingerprint density at radius 3 is 2.69 bits per heavy atom. The fourth-order valence-electron chi connectivity index (χ4n) is 7.91. The summed E-state index contributed by atoms with van der Waals surface area (Å²) >= 11 is 6.64. The number of hydrogen-bond acceptors (Lipinski definition) is 8. The second-order valence-electron chi connectivity index (χ2n) is 13.5. The first kappa shape index (κ1) is 31.6. The van der Waals surface area contributed by atoms with Gasteiger partial charge in [0.05, 0.1) is 22.9 Å². The van der Waals surface area contributed by atoms with Gasteiger partial charge in [0.1, 0.15) is 23.6 Å². The number of benzene rings is 2. The summed E-state index contributed by atoms with van der Waals surface area (Å²) in [6, 6.07) is 11.4. The summed E-state index contributed by atoms with van der Waals surface area (Å²) in [5.74, 6) is -0.123. The molecule has 0 saturated carbocycles. The molecule has 0 N–H and O–H groups in total. The van der Waals surface area contributed by atoms with Crippen LogP contribution in [0.1, 0.15) is 37.8 Å². The van der Waals surface area contributed by atoms with Crippen molar-refractivity contribution in [2.45, 2.75) is 43.7 Å². The monoisotopic (exact) mass is 680 g/mol. The van der Waals surface area contributed by atoms with Gasteiger partial charge in [0.15, 0.2) is 5.82 Å². The highest BCUT2D eigenvalue weighted by molar-refractivity contribution is 6.36. The van der Waals surface area contributed by atoms with E-state index in [0.717, 1.165) is 61.7 Å². The topological polar surface area (TPSA) is 92.5 Å². The number of amides is 1. The van der Waals surface area contributed by atoms with Crippen molar-refractivity contribution in [1.82, 2.24) is 34.3 Å². The number of fused-ring (bicyclic) bond motifs is 3. The number of imidazole rings is 1. The van der Waals surface area contributed by atoms with E-state index in [1.807, 2.05) is 65.0 Å². The van der Waals surface area contributed by atoms with Crippen molar-refractivity contribution in [2.24, 2.45) is 7.05 Å². The molecule has 3 aliphatic heterocycles. The summed E-state index contributed by atoms with van der Waals surface area (Å²) in [5, 5.41) is 2.62. The van der Waals surface area contributed by atoms with Crippen LogP contribution in [0, 0.1) is 5.82 Å². The first-order valence-corrected chi connectivity index (χ1v) is 17.3. The summed E-state index contributed by atoms with van der Waals surface area (Å²) in [6.45, 7) is 3.67. The van der Waals surface area contributed by atoms with Gasteiger partial charge in [-0.05, 0) is 62.7 Å². The molecule has 10 nitrogen and oxygen atoms in total. The zero-order valence-electron chi connectivity index (χ0n) is 27.6. The predicted molar refractivity (Wildman–Crippen MR) is 189 cm³/mol. The van der Waals surface area contributed by atoms with Crippen LogP contribution in [0.4, 0.5) is 10.2 Å². The van der Waals surface area contributed by atoms with Gasteiger partial charge in [0, 0.05) is 67.7 Å². The van der Waals surface area contributed by atoms with Gasteiger partial charge < -0.3 is 19.1 Å². The van der Waals surface area contributed by atoms with Crippen LogP contribution in [-0.4, -0.2) is 91.6 Å². The minimum atomic E-state index is -0.559. The number of carbonyl (C=O) groups is 1. The Morgan fingerprint density at radius 1 is 1.12 bits per heavy atom. The molecule has 5 aromatic rings. The molecule has 1 amide bonds. The molecule has 0 aliphatic carbocycles. The summed E-state index contributed by atoms with van der Waals surface area (Å²) in [7, 11) is 3.82. The highest BCUT2D eigenvalue weighted by Gasteiger charge is 2.45. The molecule has 3 fully saturated rings. The maximum Gasteiger partial charge on any atom is 0.319 e. The third-order valence-electron chi connectivity index (χ3n) is 10.5. The summed E-state index contributed by atoms with van der Waals surface area (Å²) in [4.78, 5) is 37.9. The van der Waals surface area contributed by atoms with Crippen LogP contribution in [0.25, 0.3) is 39.0 Å². The van der Waals surface area contributed by atoms with E-state index in [1.165, 1.54) is 0 Å². The maximum atomic E-state index is 16.8. The van der Waals surface area contributed by atoms with Crippen LogP contribution >= 0.6 is 11.6 Å². The van der Waals surface area contributed by atoms with Crippen molar-refractivity contribution in [2.75, 3.05) is 44.7 Å². The number of pyridine rings is 1. The second-order valence-corrected chi connectivity index (χ2v) is 13.9. The molecule has 3 aromatic heterocycles. The van der Waals surface area contributed by atoms with E-state index in [4.69, 9.17) is 26.3 Å². The van der Waals surface area contributed by atoms with Gasteiger partial charge in [0.25, 0.3) is 0 Å². The molecule has 0 radical (unpaired) electrons. The zero-order chi connectivity index (χ0) is 33.7. The standard InChI is InChI=1S/C37H38ClFN8O2/c1-44-20-25(41-23-44)11-12-30(48)46-18-13-26(21-46)45(2)35-28-19-40-33(27-9-3-7-24-8-4-10-29(38)31(24)27)32(39)34(28)42-36(43-35)49-22-37-14-5-16-47(37)17-6-15-37/h3-4,7-12,19-20,23,26H,5-6,13-18,21-22H2,1-2H3/b12-11+/t26-/m1/s1. The Morgan fingerprint density at radius 2 is 1.92 bits per heavy atom. The Hall–Kier alpha value is -4.61. The molecule has 0 unspecified atom stereocenters. The predicted octanol–water partition coefficient (Wildman–Crippen LogP) is 6.13. The van der Waals surface area contributed by atoms with Crippen molar-refractivity contribution in [3.63, 3.8) is 0 Å². The number of carbonyl (C=O) groups excluding carboxylic acids is 1. The third-order valence-corrected chi connectivity index (χ3v) is 10.8. The highest BCUT2D eigenvalue weighted by Crippen LogP contribution is 2.40. The Bertz CT molecular complexity index is 2090. The van der Waals surface area contributed by atoms with E-state index in [-0.39, 0.29) is 34.7 Å². The normalized spacial score (nSPS) is 19.0. The van der Waals surface area contributed by atoms with E-state index in [1.54, 1.807) is 30.7 Å². The Kier molecular flexibility index (Phi) is 8.19. The molecular weight excluding hydrogens is 643 g/mol. The molecule has 1 atom stereocenters. The number of hydrogen-bond donors (Lipinski definition) is 0. The second kappa shape index (κ2) is 12.7. The SMILES string of the molecule is CN(c1nc(OCC23CCCN2CCC3)nc2c(F)c(-c3cccc4cccc(Cl)c34)ncc12)[C@@H]1CCN(C(=O)/C=C/c2cn(C)cn2)C1. The summed E-state index contributed by atoms with van der Waals surface area (Å²) in [5.41, 5.74) is 1.59. The number of ether oxygens (including phenoxy) is 1. The largest absolute Gasteiger partial charge is 0.461 e. The van der Waals surface area contributed by atoms with Crippen molar-refractivity contribution in [3.8, 4) is 17.3 Å². The van der Waals surface area contributed by atoms with Gasteiger partial charge in [-0.25, -0.2) is 9.37 Å². The summed E-state index contributed by atoms with van der Waals surface area (Å²) < 4.78 is 25.1. The van der Waals surface area contributed by atoms with Crippen LogP contribution in [-0.2, 0) is 11.8 Å². The smallest absolute Gasteiger partial charge is 0.319 e. The van der Waals surface area contributed by atoms with Gasteiger partial charge in [-0.2, -0.15) is 9.97 Å². The van der Waals surface area contributed by atoms with Gasteiger partial charge in [-0.3, -0.25) is 14.7 Å². The molecule has 0 spiro atoms. The van der Waals surface area contributed by atoms with E-state index in [2.05, 4.69) is 14.9 Å². The lowest BCUT2D eigenvalue weighted by molar-refractivity contribution is -0.124. The number of halogens is 2. The molecule has 3 saturated heterocycles. The lowest BCUT2D eigenvalue weighted by Crippen LogP contribution is -2.43. The van der Waals surface area contributed by atoms with Gasteiger partial charge in [-0.15, -0.1) is 0 Å². The Balaban J connectivity index is 1.14. The molecule has 252 valence electrons. The van der Waals surface area contributed by atoms with E-state index < -0.39 is 5.82 Å². The van der Waals surface area contributed by atoms with Crippen molar-refractivity contribution in [1.29, 1.82) is 0 Å². The molecule has 49 heavy (non-hydrogen) atoms. The van der Waals surface area contributed by atoms with E-state index >= 15 is 4.39 Å². The highest BCUT2D eigenvalue weighted by atomic mass is 35.5. The quantitative estimate of drug-likeness (QED) is 0.181. The minimum absolute atomic E-state index is 0.0266. The first-order valence-electron chi connectivity index (χ1n) is 16.9. The Labute approximate surface area is 289 Å². The number of rotatable bonds is 8. The lowest BCUT2D eigenvalue weighted by atomic mass is 9.95. The maximum absolute atomic E-state index is 16.8. The number of anilines is 1. The molecule has 12 heteroatoms. The molecular formula is C37H38ClFN8O2.